The van der Waals surface area contributed by atoms with Gasteiger partial charge >= 0.3 is 0 Å². The number of rotatable bonds is 7. The van der Waals surface area contributed by atoms with Crippen LogP contribution < -0.4 is 16.4 Å². The summed E-state index contributed by atoms with van der Waals surface area (Å²) in [5.74, 6) is -0.415. The highest BCUT2D eigenvalue weighted by atomic mass is 16.2. The van der Waals surface area contributed by atoms with Crippen molar-refractivity contribution >= 4 is 34.8 Å². The van der Waals surface area contributed by atoms with Gasteiger partial charge in [-0.05, 0) is 47.0 Å². The number of nitrogens with one attached hydrogen (secondary N) is 2. The lowest BCUT2D eigenvalue weighted by Gasteiger charge is -2.11. The van der Waals surface area contributed by atoms with Crippen LogP contribution >= 0.6 is 0 Å². The third-order valence-corrected chi connectivity index (χ3v) is 5.32. The van der Waals surface area contributed by atoms with Gasteiger partial charge in [0.2, 0.25) is 0 Å². The molecular formula is C29H25N3O2. The minimum absolute atomic E-state index is 0.170. The Morgan fingerprint density at radius 3 is 2.00 bits per heavy atom. The van der Waals surface area contributed by atoms with Crippen LogP contribution in [0.25, 0.3) is 11.6 Å². The van der Waals surface area contributed by atoms with Crippen molar-refractivity contribution in [3.05, 3.63) is 131 Å². The summed E-state index contributed by atoms with van der Waals surface area (Å²) in [6.45, 7) is 0.339. The van der Waals surface area contributed by atoms with Crippen LogP contribution in [0.5, 0.6) is 0 Å². The summed E-state index contributed by atoms with van der Waals surface area (Å²) in [7, 11) is 0. The molecular weight excluding hydrogens is 422 g/mol. The van der Waals surface area contributed by atoms with E-state index in [1.54, 1.807) is 24.3 Å². The van der Waals surface area contributed by atoms with Gasteiger partial charge in [-0.3, -0.25) is 9.59 Å². The number of carbonyl (C=O) groups is 2. The molecule has 0 saturated heterocycles. The number of benzene rings is 4. The Bertz CT molecular complexity index is 1300. The van der Waals surface area contributed by atoms with Gasteiger partial charge in [0.05, 0.1) is 11.4 Å². The van der Waals surface area contributed by atoms with E-state index in [4.69, 9.17) is 5.73 Å². The maximum Gasteiger partial charge on any atom is 0.255 e. The molecule has 0 fully saturated rings. The minimum Gasteiger partial charge on any atom is -0.397 e. The first-order valence-electron chi connectivity index (χ1n) is 11.0. The summed E-state index contributed by atoms with van der Waals surface area (Å²) in [4.78, 5) is 25.6. The highest BCUT2D eigenvalue weighted by Crippen LogP contribution is 2.20. The third kappa shape index (κ3) is 5.78. The van der Waals surface area contributed by atoms with Crippen LogP contribution in [0, 0.1) is 0 Å². The van der Waals surface area contributed by atoms with Crippen molar-refractivity contribution in [2.45, 2.75) is 6.54 Å². The molecule has 0 aliphatic heterocycles. The number of carbonyl (C=O) groups excluding carboxylic acids is 2. The summed E-state index contributed by atoms with van der Waals surface area (Å²) in [6, 6.07) is 33.6. The topological polar surface area (TPSA) is 84.2 Å². The molecule has 2 amide bonds. The number of hydrogen-bond donors (Lipinski definition) is 3. The Balaban J connectivity index is 1.43. The highest BCUT2D eigenvalue weighted by Gasteiger charge is 2.13. The van der Waals surface area contributed by atoms with Crippen LogP contribution in [0.3, 0.4) is 0 Å². The fourth-order valence-corrected chi connectivity index (χ4v) is 3.47. The molecule has 0 aromatic heterocycles. The molecule has 0 heterocycles. The smallest absolute Gasteiger partial charge is 0.255 e. The molecule has 4 aromatic rings. The monoisotopic (exact) mass is 447 g/mol. The van der Waals surface area contributed by atoms with Crippen molar-refractivity contribution < 1.29 is 9.59 Å². The van der Waals surface area contributed by atoms with Gasteiger partial charge in [-0.2, -0.15) is 0 Å². The fraction of sp³-hybridized carbons (Fsp3) is 0.0345. The Morgan fingerprint density at radius 2 is 1.32 bits per heavy atom. The SMILES string of the molecule is Nc1ccccc1NC(=O)c1ccc(CNC(=O)/C(=C/c2ccccc2)c2ccccc2)cc1. The highest BCUT2D eigenvalue weighted by molar-refractivity contribution is 6.24. The molecule has 5 nitrogen and oxygen atoms in total. The van der Waals surface area contributed by atoms with Gasteiger partial charge in [0.25, 0.3) is 11.8 Å². The molecule has 0 saturated carbocycles. The first-order chi connectivity index (χ1) is 16.6. The van der Waals surface area contributed by atoms with Crippen LogP contribution in [0.15, 0.2) is 109 Å². The third-order valence-electron chi connectivity index (χ3n) is 5.32. The number of nitrogens with two attached hydrogens (primary N) is 1. The molecule has 0 atom stereocenters. The lowest BCUT2D eigenvalue weighted by atomic mass is 10.0. The van der Waals surface area contributed by atoms with E-state index in [9.17, 15) is 9.59 Å². The molecule has 5 heteroatoms. The number of nitrogen functional groups attached to an aromatic ring is 1. The van der Waals surface area contributed by atoms with Gasteiger partial charge in [-0.15, -0.1) is 0 Å². The van der Waals surface area contributed by atoms with Crippen LogP contribution in [0.4, 0.5) is 11.4 Å². The van der Waals surface area contributed by atoms with Crippen LogP contribution in [0.2, 0.25) is 0 Å². The lowest BCUT2D eigenvalue weighted by Crippen LogP contribution is -2.24. The van der Waals surface area contributed by atoms with E-state index in [-0.39, 0.29) is 11.8 Å². The maximum absolute atomic E-state index is 13.1. The minimum atomic E-state index is -0.245. The molecule has 0 bridgehead atoms. The standard InChI is InChI=1S/C29H25N3O2/c30-26-13-7-8-14-27(26)32-28(33)24-17-15-22(16-18-24)20-31-29(34)25(23-11-5-2-6-12-23)19-21-9-3-1-4-10-21/h1-19H,20,30H2,(H,31,34)(H,32,33)/b25-19+. The molecule has 0 radical (unpaired) electrons. The maximum atomic E-state index is 13.1. The average molecular weight is 448 g/mol. The summed E-state index contributed by atoms with van der Waals surface area (Å²) < 4.78 is 0. The van der Waals surface area contributed by atoms with E-state index in [1.807, 2.05) is 91.0 Å². The lowest BCUT2D eigenvalue weighted by molar-refractivity contribution is -0.115. The van der Waals surface area contributed by atoms with Crippen molar-refractivity contribution in [3.8, 4) is 0 Å². The zero-order chi connectivity index (χ0) is 23.8. The van der Waals surface area contributed by atoms with Crippen molar-refractivity contribution in [2.75, 3.05) is 11.1 Å². The molecule has 4 aromatic carbocycles. The number of anilines is 2. The van der Waals surface area contributed by atoms with Crippen LogP contribution in [-0.2, 0) is 11.3 Å². The fourth-order valence-electron chi connectivity index (χ4n) is 3.47. The van der Waals surface area contributed by atoms with E-state index >= 15 is 0 Å². The first kappa shape index (κ1) is 22.6. The predicted octanol–water partition coefficient (Wildman–Crippen LogP) is 5.38. The van der Waals surface area contributed by atoms with Crippen molar-refractivity contribution in [3.63, 3.8) is 0 Å². The molecule has 4 N–H and O–H groups in total. The van der Waals surface area contributed by atoms with Gasteiger partial charge in [0, 0.05) is 17.7 Å². The van der Waals surface area contributed by atoms with Crippen molar-refractivity contribution in [1.29, 1.82) is 0 Å². The summed E-state index contributed by atoms with van der Waals surface area (Å²) in [5, 5.41) is 5.80. The molecule has 0 aliphatic rings. The zero-order valence-corrected chi connectivity index (χ0v) is 18.6. The summed E-state index contributed by atoms with van der Waals surface area (Å²) in [6.07, 6.45) is 1.88. The van der Waals surface area contributed by atoms with Gasteiger partial charge in [0.15, 0.2) is 0 Å². The Labute approximate surface area is 199 Å². The first-order valence-corrected chi connectivity index (χ1v) is 11.0. The van der Waals surface area contributed by atoms with E-state index < -0.39 is 0 Å². The molecule has 0 aliphatic carbocycles. The molecule has 168 valence electrons. The van der Waals surface area contributed by atoms with E-state index in [1.165, 1.54) is 0 Å². The van der Waals surface area contributed by atoms with E-state index in [0.717, 1.165) is 16.7 Å². The van der Waals surface area contributed by atoms with Crippen LogP contribution in [-0.4, -0.2) is 11.8 Å². The van der Waals surface area contributed by atoms with E-state index in [0.29, 0.717) is 29.1 Å². The Morgan fingerprint density at radius 1 is 0.706 bits per heavy atom. The number of amides is 2. The Hall–Kier alpha value is -4.64. The average Bonchev–Trinajstić information content (AvgIpc) is 2.88. The van der Waals surface area contributed by atoms with Gasteiger partial charge in [-0.1, -0.05) is 84.9 Å². The molecule has 34 heavy (non-hydrogen) atoms. The normalized spacial score (nSPS) is 11.0. The van der Waals surface area contributed by atoms with Gasteiger partial charge in [-0.25, -0.2) is 0 Å². The molecule has 0 unspecified atom stereocenters. The summed E-state index contributed by atoms with van der Waals surface area (Å²) in [5.41, 5.74) is 10.7. The van der Waals surface area contributed by atoms with Gasteiger partial charge in [0.1, 0.15) is 0 Å². The molecule has 4 rings (SSSR count). The second-order valence-electron chi connectivity index (χ2n) is 7.76. The zero-order valence-electron chi connectivity index (χ0n) is 18.6. The van der Waals surface area contributed by atoms with E-state index in [2.05, 4.69) is 10.6 Å². The number of hydrogen-bond acceptors (Lipinski definition) is 3. The largest absolute Gasteiger partial charge is 0.397 e. The van der Waals surface area contributed by atoms with Gasteiger partial charge < -0.3 is 16.4 Å². The second kappa shape index (κ2) is 10.8. The summed E-state index contributed by atoms with van der Waals surface area (Å²) >= 11 is 0. The molecule has 0 spiro atoms. The Kier molecular flexibility index (Phi) is 7.16. The van der Waals surface area contributed by atoms with Crippen molar-refractivity contribution in [2.24, 2.45) is 0 Å². The van der Waals surface area contributed by atoms with Crippen LogP contribution in [0.1, 0.15) is 27.0 Å². The number of para-hydroxylation sites is 2. The quantitative estimate of drug-likeness (QED) is 0.202. The second-order valence-corrected chi connectivity index (χ2v) is 7.76. The van der Waals surface area contributed by atoms with Crippen molar-refractivity contribution in [1.82, 2.24) is 5.32 Å². The predicted molar refractivity (Wildman–Crippen MR) is 138 cm³/mol.